The maximum absolute atomic E-state index is 6.28. The van der Waals surface area contributed by atoms with Crippen LogP contribution in [0.4, 0.5) is 0 Å². The van der Waals surface area contributed by atoms with Crippen molar-refractivity contribution in [3.63, 3.8) is 0 Å². The molecule has 0 amide bonds. The first-order chi connectivity index (χ1) is 27.2. The van der Waals surface area contributed by atoms with E-state index < -0.39 is 0 Å². The number of benzene rings is 6. The third-order valence-corrected chi connectivity index (χ3v) is 9.80. The number of hydrogen-bond donors (Lipinski definition) is 0. The topological polar surface area (TPSA) is 90.5 Å². The smallest absolute Gasteiger partial charge is 0.164 e. The molecule has 0 aliphatic heterocycles. The van der Waals surface area contributed by atoms with Crippen molar-refractivity contribution in [2.75, 3.05) is 0 Å². The summed E-state index contributed by atoms with van der Waals surface area (Å²) in [4.78, 5) is 29.8. The van der Waals surface area contributed by atoms with Gasteiger partial charge in [0.05, 0.1) is 0 Å². The second-order valence-corrected chi connectivity index (χ2v) is 13.4. The highest BCUT2D eigenvalue weighted by Gasteiger charge is 2.16. The normalized spacial score (nSPS) is 12.1. The van der Waals surface area contributed by atoms with Gasteiger partial charge in [-0.25, -0.2) is 29.9 Å². The lowest BCUT2D eigenvalue weighted by Gasteiger charge is -2.11. The lowest BCUT2D eigenvalue weighted by Crippen LogP contribution is -2.21. The maximum atomic E-state index is 6.28. The fourth-order valence-corrected chi connectivity index (χ4v) is 7.04. The van der Waals surface area contributed by atoms with Crippen LogP contribution in [0.5, 0.6) is 0 Å². The van der Waals surface area contributed by atoms with Crippen molar-refractivity contribution in [3.05, 3.63) is 168 Å². The zero-order chi connectivity index (χ0) is 36.6. The molecule has 7 nitrogen and oxygen atoms in total. The van der Waals surface area contributed by atoms with Crippen molar-refractivity contribution in [2.45, 2.75) is 12.8 Å². The van der Waals surface area contributed by atoms with Gasteiger partial charge in [-0.3, -0.25) is 0 Å². The number of hydrogen-bond acceptors (Lipinski definition) is 7. The molecule has 1 aliphatic rings. The zero-order valence-electron chi connectivity index (χ0n) is 29.7. The van der Waals surface area contributed by atoms with Crippen LogP contribution in [0.25, 0.3) is 103 Å². The van der Waals surface area contributed by atoms with Crippen molar-refractivity contribution >= 4 is 23.1 Å². The molecule has 6 aromatic carbocycles. The van der Waals surface area contributed by atoms with E-state index in [1.165, 1.54) is 5.22 Å². The summed E-state index contributed by atoms with van der Waals surface area (Å²) < 4.78 is 6.28. The Balaban J connectivity index is 1.06. The van der Waals surface area contributed by atoms with Gasteiger partial charge < -0.3 is 4.42 Å². The van der Waals surface area contributed by atoms with Crippen molar-refractivity contribution in [1.29, 1.82) is 0 Å². The predicted molar refractivity (Wildman–Crippen MR) is 218 cm³/mol. The molecule has 0 spiro atoms. The molecule has 0 unspecified atom stereocenters. The average Bonchev–Trinajstić information content (AvgIpc) is 3.65. The predicted octanol–water partition coefficient (Wildman–Crippen LogP) is 9.83. The number of fused-ring (bicyclic) bond motifs is 3. The summed E-state index contributed by atoms with van der Waals surface area (Å²) in [6.45, 7) is 0. The van der Waals surface area contributed by atoms with E-state index in [1.54, 1.807) is 0 Å². The van der Waals surface area contributed by atoms with Gasteiger partial charge in [0, 0.05) is 44.0 Å². The summed E-state index contributed by atoms with van der Waals surface area (Å²) >= 11 is 0. The van der Waals surface area contributed by atoms with Gasteiger partial charge in [-0.15, -0.1) is 0 Å². The molecule has 3 heterocycles. The number of rotatable bonds is 7. The van der Waals surface area contributed by atoms with Gasteiger partial charge in [0.25, 0.3) is 0 Å². The number of aromatic nitrogens is 6. The molecule has 260 valence electrons. The quantitative estimate of drug-likeness (QED) is 0.163. The van der Waals surface area contributed by atoms with Crippen LogP contribution in [0.1, 0.15) is 12.8 Å². The van der Waals surface area contributed by atoms with Crippen molar-refractivity contribution in [2.24, 2.45) is 0 Å². The molecule has 1 aliphatic carbocycles. The van der Waals surface area contributed by atoms with Crippen LogP contribution in [0, 0.1) is 0 Å². The van der Waals surface area contributed by atoms with E-state index in [1.807, 2.05) is 121 Å². The molecule has 0 N–H and O–H groups in total. The minimum Gasteiger partial charge on any atom is -0.456 e. The molecule has 0 radical (unpaired) electrons. The Bertz CT molecular complexity index is 2920. The summed E-state index contributed by atoms with van der Waals surface area (Å²) in [7, 11) is 0. The van der Waals surface area contributed by atoms with Gasteiger partial charge in [-0.1, -0.05) is 140 Å². The van der Waals surface area contributed by atoms with E-state index in [0.717, 1.165) is 73.7 Å². The third kappa shape index (κ3) is 6.38. The van der Waals surface area contributed by atoms with Crippen molar-refractivity contribution in [3.8, 4) is 79.5 Å². The molecule has 7 heteroatoms. The molecule has 0 bridgehead atoms. The molecule has 0 saturated carbocycles. The van der Waals surface area contributed by atoms with Crippen LogP contribution in [-0.4, -0.2) is 29.9 Å². The lowest BCUT2D eigenvalue weighted by molar-refractivity contribution is 0.572. The Morgan fingerprint density at radius 2 is 0.709 bits per heavy atom. The largest absolute Gasteiger partial charge is 0.456 e. The highest BCUT2D eigenvalue weighted by Crippen LogP contribution is 2.32. The third-order valence-electron chi connectivity index (χ3n) is 9.80. The zero-order valence-corrected chi connectivity index (χ0v) is 29.7. The molecule has 55 heavy (non-hydrogen) atoms. The SMILES string of the molecule is C1=c2oc3cc(-c4nc(-c5ccccc5)nc(-c5cccc(-c6cccc(-c7nc(-c8ccccc8)nc(-c8ccccc8)n7)c6)c5)n4)ccc3c2=CCC1. The van der Waals surface area contributed by atoms with Crippen LogP contribution >= 0.6 is 0 Å². The first-order valence-electron chi connectivity index (χ1n) is 18.3. The molecule has 9 aromatic rings. The Morgan fingerprint density at radius 3 is 1.18 bits per heavy atom. The molecule has 3 aromatic heterocycles. The van der Waals surface area contributed by atoms with E-state index in [0.29, 0.717) is 34.9 Å². The summed E-state index contributed by atoms with van der Waals surface area (Å²) in [6.07, 6.45) is 6.43. The first-order valence-corrected chi connectivity index (χ1v) is 18.3. The van der Waals surface area contributed by atoms with E-state index in [2.05, 4.69) is 48.6 Å². The Hall–Kier alpha value is -7.38. The van der Waals surface area contributed by atoms with E-state index in [4.69, 9.17) is 34.3 Å². The van der Waals surface area contributed by atoms with E-state index in [9.17, 15) is 0 Å². The van der Waals surface area contributed by atoms with Crippen LogP contribution in [0.3, 0.4) is 0 Å². The molecule has 0 saturated heterocycles. The average molecular weight is 709 g/mol. The fraction of sp³-hybridized carbons (Fsp3) is 0.0417. The van der Waals surface area contributed by atoms with Gasteiger partial charge in [0.15, 0.2) is 34.9 Å². The highest BCUT2D eigenvalue weighted by molar-refractivity contribution is 5.84. The molecular weight excluding hydrogens is 677 g/mol. The molecule has 0 fully saturated rings. The maximum Gasteiger partial charge on any atom is 0.164 e. The monoisotopic (exact) mass is 708 g/mol. The van der Waals surface area contributed by atoms with Gasteiger partial charge in [-0.05, 0) is 54.3 Å². The minimum absolute atomic E-state index is 0.582. The van der Waals surface area contributed by atoms with Crippen molar-refractivity contribution < 1.29 is 4.42 Å². The Kier molecular flexibility index (Phi) is 8.15. The van der Waals surface area contributed by atoms with Gasteiger partial charge >= 0.3 is 0 Å². The van der Waals surface area contributed by atoms with Gasteiger partial charge in [0.1, 0.15) is 11.0 Å². The molecule has 10 rings (SSSR count). The van der Waals surface area contributed by atoms with Crippen LogP contribution < -0.4 is 10.6 Å². The van der Waals surface area contributed by atoms with E-state index in [-0.39, 0.29) is 0 Å². The van der Waals surface area contributed by atoms with E-state index >= 15 is 0 Å². The molecular formula is C48H32N6O. The van der Waals surface area contributed by atoms with Crippen LogP contribution in [0.15, 0.2) is 162 Å². The van der Waals surface area contributed by atoms with Gasteiger partial charge in [-0.2, -0.15) is 0 Å². The number of furan rings is 1. The lowest BCUT2D eigenvalue weighted by atomic mass is 10.0. The van der Waals surface area contributed by atoms with Crippen LogP contribution in [-0.2, 0) is 0 Å². The molecule has 0 atom stereocenters. The Morgan fingerprint density at radius 1 is 0.327 bits per heavy atom. The van der Waals surface area contributed by atoms with Crippen molar-refractivity contribution in [1.82, 2.24) is 29.9 Å². The fourth-order valence-electron chi connectivity index (χ4n) is 7.04. The van der Waals surface area contributed by atoms with Gasteiger partial charge in [0.2, 0.25) is 0 Å². The summed E-state index contributed by atoms with van der Waals surface area (Å²) in [6, 6.07) is 52.9. The van der Waals surface area contributed by atoms with Crippen LogP contribution in [0.2, 0.25) is 0 Å². The number of nitrogens with zero attached hydrogens (tertiary/aromatic N) is 6. The summed E-state index contributed by atoms with van der Waals surface area (Å²) in [5, 5.41) is 2.27. The first kappa shape index (κ1) is 32.3. The second-order valence-electron chi connectivity index (χ2n) is 13.4. The Labute approximate surface area is 317 Å². The second kappa shape index (κ2) is 13.9. The minimum atomic E-state index is 0.582. The highest BCUT2D eigenvalue weighted by atomic mass is 16.3. The standard InChI is InChI=1S/C48H32N6O/c1-4-14-31(15-5-1)43-49-44(32-16-6-2-7-17-32)51-46(50-43)36-22-12-20-34(28-36)35-21-13-23-37(29-35)47-52-45(33-18-8-3-9-19-33)53-48(54-47)38-26-27-40-39-24-10-11-25-41(39)55-42(40)30-38/h1-9,12-30H,10-11H2. The summed E-state index contributed by atoms with van der Waals surface area (Å²) in [5.74, 6) is 3.62. The summed E-state index contributed by atoms with van der Waals surface area (Å²) in [5.41, 5.74) is 9.19.